The molecule has 0 unspecified atom stereocenters. The molecule has 0 N–H and O–H groups in total. The van der Waals surface area contributed by atoms with Crippen molar-refractivity contribution in [3.8, 4) is 0 Å². The van der Waals surface area contributed by atoms with E-state index in [4.69, 9.17) is 11.6 Å². The first-order valence-electron chi connectivity index (χ1n) is 8.70. The highest BCUT2D eigenvalue weighted by atomic mass is 35.5. The van der Waals surface area contributed by atoms with Crippen LogP contribution in [-0.2, 0) is 16.6 Å². The Bertz CT molecular complexity index is 942. The van der Waals surface area contributed by atoms with Gasteiger partial charge in [0.15, 0.2) is 0 Å². The fraction of sp³-hybridized carbons (Fsp3) is 0.350. The third kappa shape index (κ3) is 5.47. The van der Waals surface area contributed by atoms with E-state index in [9.17, 15) is 8.42 Å². The van der Waals surface area contributed by atoms with Crippen LogP contribution in [0, 0.1) is 13.8 Å². The fourth-order valence-electron chi connectivity index (χ4n) is 2.59. The van der Waals surface area contributed by atoms with E-state index < -0.39 is 10.0 Å². The summed E-state index contributed by atoms with van der Waals surface area (Å²) in [6, 6.07) is 11.2. The van der Waals surface area contributed by atoms with Crippen LogP contribution in [0.1, 0.15) is 23.6 Å². The Labute approximate surface area is 167 Å². The van der Waals surface area contributed by atoms with Gasteiger partial charge in [-0.15, -0.1) is 0 Å². The number of aliphatic imine (C=N–C) groups is 1. The van der Waals surface area contributed by atoms with Crippen LogP contribution in [0.4, 0.5) is 11.4 Å². The summed E-state index contributed by atoms with van der Waals surface area (Å²) < 4.78 is 26.4. The minimum Gasteiger partial charge on any atom is -0.366 e. The maximum Gasteiger partial charge on any atom is 0.232 e. The van der Waals surface area contributed by atoms with Gasteiger partial charge in [0.2, 0.25) is 10.0 Å². The first-order chi connectivity index (χ1) is 12.6. The zero-order valence-corrected chi connectivity index (χ0v) is 18.0. The van der Waals surface area contributed by atoms with E-state index in [1.54, 1.807) is 12.4 Å². The summed E-state index contributed by atoms with van der Waals surface area (Å²) in [5.74, 6) is 0. The minimum absolute atomic E-state index is 0.254. The molecule has 0 aliphatic carbocycles. The summed E-state index contributed by atoms with van der Waals surface area (Å²) >= 11 is 6.40. The summed E-state index contributed by atoms with van der Waals surface area (Å²) in [5.41, 5.74) is 3.96. The summed E-state index contributed by atoms with van der Waals surface area (Å²) in [5, 5.41) is 0.412. The van der Waals surface area contributed by atoms with Crippen LogP contribution in [0.25, 0.3) is 0 Å². The summed E-state index contributed by atoms with van der Waals surface area (Å²) in [4.78, 5) is 6.33. The number of halogens is 1. The number of rotatable bonds is 7. The average molecular weight is 408 g/mol. The predicted molar refractivity (Wildman–Crippen MR) is 115 cm³/mol. The molecule has 0 atom stereocenters. The van der Waals surface area contributed by atoms with Crippen molar-refractivity contribution >= 4 is 39.3 Å². The number of aryl methyl sites for hydroxylation is 2. The molecule has 0 saturated carbocycles. The molecular weight excluding hydrogens is 382 g/mol. The van der Waals surface area contributed by atoms with Gasteiger partial charge in [0, 0.05) is 13.6 Å². The van der Waals surface area contributed by atoms with Crippen molar-refractivity contribution in [3.63, 3.8) is 0 Å². The smallest absolute Gasteiger partial charge is 0.232 e. The van der Waals surface area contributed by atoms with Gasteiger partial charge >= 0.3 is 0 Å². The lowest BCUT2D eigenvalue weighted by atomic mass is 10.1. The number of nitrogens with zero attached hydrogens (tertiary/aromatic N) is 3. The Morgan fingerprint density at radius 1 is 1.15 bits per heavy atom. The van der Waals surface area contributed by atoms with Crippen LogP contribution < -0.4 is 4.31 Å². The van der Waals surface area contributed by atoms with E-state index in [-0.39, 0.29) is 6.54 Å². The van der Waals surface area contributed by atoms with E-state index >= 15 is 0 Å². The van der Waals surface area contributed by atoms with Gasteiger partial charge in [-0.25, -0.2) is 13.4 Å². The molecule has 2 aromatic rings. The van der Waals surface area contributed by atoms with Crippen molar-refractivity contribution < 1.29 is 8.42 Å². The molecule has 2 rings (SSSR count). The summed E-state index contributed by atoms with van der Waals surface area (Å²) in [6.07, 6.45) is 2.92. The second-order valence-electron chi connectivity index (χ2n) is 6.60. The van der Waals surface area contributed by atoms with Crippen LogP contribution in [0.3, 0.4) is 0 Å². The summed E-state index contributed by atoms with van der Waals surface area (Å²) in [7, 11) is -1.56. The van der Waals surface area contributed by atoms with Crippen LogP contribution in [0.5, 0.6) is 0 Å². The first kappa shape index (κ1) is 21.3. The van der Waals surface area contributed by atoms with E-state index in [1.165, 1.54) is 10.6 Å². The highest BCUT2D eigenvalue weighted by molar-refractivity contribution is 7.92. The lowest BCUT2D eigenvalue weighted by molar-refractivity contribution is 0.552. The lowest BCUT2D eigenvalue weighted by Gasteiger charge is -2.25. The zero-order chi connectivity index (χ0) is 20.2. The van der Waals surface area contributed by atoms with Gasteiger partial charge < -0.3 is 4.90 Å². The SMILES string of the molecule is CCN(C)C=Nc1cc(C)c(N(Cc2ccccc2C)S(C)(=O)=O)cc1Cl. The number of anilines is 1. The molecule has 0 radical (unpaired) electrons. The van der Waals surface area contributed by atoms with Gasteiger partial charge in [0.05, 0.1) is 35.5 Å². The molecule has 0 saturated heterocycles. The van der Waals surface area contributed by atoms with Gasteiger partial charge in [-0.3, -0.25) is 4.31 Å². The number of hydrogen-bond acceptors (Lipinski definition) is 3. The molecule has 0 bridgehead atoms. The molecule has 0 amide bonds. The monoisotopic (exact) mass is 407 g/mol. The van der Waals surface area contributed by atoms with Crippen molar-refractivity contribution in [1.82, 2.24) is 4.90 Å². The number of sulfonamides is 1. The molecular formula is C20H26ClN3O2S. The largest absolute Gasteiger partial charge is 0.366 e. The van der Waals surface area contributed by atoms with Crippen molar-refractivity contribution in [3.05, 3.63) is 58.1 Å². The van der Waals surface area contributed by atoms with Crippen molar-refractivity contribution in [2.45, 2.75) is 27.3 Å². The molecule has 5 nitrogen and oxygen atoms in total. The predicted octanol–water partition coefficient (Wildman–Crippen LogP) is 4.53. The first-order valence-corrected chi connectivity index (χ1v) is 10.9. The summed E-state index contributed by atoms with van der Waals surface area (Å²) in [6.45, 7) is 6.94. The van der Waals surface area contributed by atoms with Crippen LogP contribution in [0.2, 0.25) is 5.02 Å². The van der Waals surface area contributed by atoms with Gasteiger partial charge in [-0.2, -0.15) is 0 Å². The van der Waals surface area contributed by atoms with Gasteiger partial charge in [0.1, 0.15) is 0 Å². The fourth-order valence-corrected chi connectivity index (χ4v) is 3.72. The van der Waals surface area contributed by atoms with Crippen molar-refractivity contribution in [2.24, 2.45) is 4.99 Å². The molecule has 146 valence electrons. The minimum atomic E-state index is -3.49. The molecule has 0 fully saturated rings. The molecule has 0 heterocycles. The van der Waals surface area contributed by atoms with Gasteiger partial charge in [-0.05, 0) is 49.6 Å². The molecule has 2 aromatic carbocycles. The van der Waals surface area contributed by atoms with Crippen molar-refractivity contribution in [2.75, 3.05) is 24.2 Å². The topological polar surface area (TPSA) is 53.0 Å². The average Bonchev–Trinajstić information content (AvgIpc) is 2.60. The Morgan fingerprint density at radius 3 is 2.41 bits per heavy atom. The van der Waals surface area contributed by atoms with E-state index in [0.717, 1.165) is 23.2 Å². The normalized spacial score (nSPS) is 11.8. The Morgan fingerprint density at radius 2 is 1.81 bits per heavy atom. The molecule has 7 heteroatoms. The second-order valence-corrected chi connectivity index (χ2v) is 8.92. The third-order valence-corrected chi connectivity index (χ3v) is 5.83. The molecule has 0 aliphatic heterocycles. The van der Waals surface area contributed by atoms with Crippen LogP contribution >= 0.6 is 11.6 Å². The second kappa shape index (κ2) is 8.76. The molecule has 0 aliphatic rings. The lowest BCUT2D eigenvalue weighted by Crippen LogP contribution is -2.30. The van der Waals surface area contributed by atoms with E-state index in [2.05, 4.69) is 4.99 Å². The highest BCUT2D eigenvalue weighted by Gasteiger charge is 2.21. The standard InChI is InChI=1S/C20H26ClN3O2S/c1-6-23(4)14-22-19-11-16(3)20(12-18(19)21)24(27(5,25)26)13-17-10-8-7-9-15(17)2/h7-12,14H,6,13H2,1-5H3. The van der Waals surface area contributed by atoms with Gasteiger partial charge in [-0.1, -0.05) is 35.9 Å². The highest BCUT2D eigenvalue weighted by Crippen LogP contribution is 2.35. The third-order valence-electron chi connectivity index (χ3n) is 4.40. The maximum atomic E-state index is 12.5. The Kier molecular flexibility index (Phi) is 6.89. The molecule has 0 aromatic heterocycles. The Hall–Kier alpha value is -2.05. The maximum absolute atomic E-state index is 12.5. The van der Waals surface area contributed by atoms with Crippen LogP contribution in [0.15, 0.2) is 41.4 Å². The number of hydrogen-bond donors (Lipinski definition) is 0. The molecule has 27 heavy (non-hydrogen) atoms. The Balaban J connectivity index is 2.46. The number of benzene rings is 2. The van der Waals surface area contributed by atoms with Crippen LogP contribution in [-0.4, -0.2) is 39.5 Å². The zero-order valence-electron chi connectivity index (χ0n) is 16.4. The van der Waals surface area contributed by atoms with Gasteiger partial charge in [0.25, 0.3) is 0 Å². The quantitative estimate of drug-likeness (QED) is 0.500. The van der Waals surface area contributed by atoms with E-state index in [0.29, 0.717) is 16.4 Å². The van der Waals surface area contributed by atoms with Crippen molar-refractivity contribution in [1.29, 1.82) is 0 Å². The molecule has 0 spiro atoms. The van der Waals surface area contributed by atoms with E-state index in [1.807, 2.05) is 63.1 Å².